The van der Waals surface area contributed by atoms with Crippen LogP contribution in [0.1, 0.15) is 27.2 Å². The van der Waals surface area contributed by atoms with Crippen LogP contribution in [0.2, 0.25) is 0 Å². The molecular formula is C9H12KNO3. The van der Waals surface area contributed by atoms with Gasteiger partial charge < -0.3 is 5.11 Å². The van der Waals surface area contributed by atoms with Gasteiger partial charge in [0.15, 0.2) is 0 Å². The van der Waals surface area contributed by atoms with E-state index in [9.17, 15) is 15.2 Å². The maximum atomic E-state index is 11.3. The average molecular weight is 221 g/mol. The van der Waals surface area contributed by atoms with Gasteiger partial charge >= 0.3 is 51.4 Å². The molecule has 5 heteroatoms. The summed E-state index contributed by atoms with van der Waals surface area (Å²) in [5.41, 5.74) is -0.0219. The van der Waals surface area contributed by atoms with E-state index < -0.39 is 4.92 Å². The quantitative estimate of drug-likeness (QED) is 0.298. The van der Waals surface area contributed by atoms with Crippen molar-refractivity contribution < 1.29 is 61.4 Å². The Morgan fingerprint density at radius 3 is 2.36 bits per heavy atom. The van der Waals surface area contributed by atoms with Gasteiger partial charge in [-0.15, -0.1) is 0 Å². The van der Waals surface area contributed by atoms with Crippen molar-refractivity contribution in [3.63, 3.8) is 0 Å². The first-order valence-corrected chi connectivity index (χ1v) is 4.08. The van der Waals surface area contributed by atoms with Gasteiger partial charge in [0.1, 0.15) is 0 Å². The van der Waals surface area contributed by atoms with Crippen molar-refractivity contribution in [3.05, 3.63) is 33.2 Å². The second-order valence-electron chi connectivity index (χ2n) is 4.02. The summed E-state index contributed by atoms with van der Waals surface area (Å²) < 4.78 is 0. The summed E-state index contributed by atoms with van der Waals surface area (Å²) in [5, 5.41) is 21.8. The fourth-order valence-electron chi connectivity index (χ4n) is 1.67. The van der Waals surface area contributed by atoms with Crippen molar-refractivity contribution in [3.8, 4) is 0 Å². The minimum atomic E-state index is -0.594. The van der Waals surface area contributed by atoms with Crippen LogP contribution >= 0.6 is 0 Å². The minimum absolute atomic E-state index is 0. The number of allylic oxidation sites excluding steroid dienone is 3. The van der Waals surface area contributed by atoms with Gasteiger partial charge in [0.05, 0.1) is 4.92 Å². The van der Waals surface area contributed by atoms with Crippen LogP contribution in [0.3, 0.4) is 0 Å². The Balaban J connectivity index is 0.00000169. The van der Waals surface area contributed by atoms with Crippen LogP contribution < -0.4 is 56.5 Å². The average Bonchev–Trinajstić information content (AvgIpc) is 1.78. The van der Waals surface area contributed by atoms with E-state index >= 15 is 0 Å². The molecule has 0 bridgehead atoms. The van der Waals surface area contributed by atoms with Gasteiger partial charge in [-0.1, -0.05) is 25.7 Å². The fraction of sp³-hybridized carbons (Fsp3) is 0.556. The molecule has 0 N–H and O–H groups in total. The minimum Gasteiger partial charge on any atom is -0.871 e. The summed E-state index contributed by atoms with van der Waals surface area (Å²) in [7, 11) is 0. The van der Waals surface area contributed by atoms with Gasteiger partial charge in [-0.25, -0.2) is 0 Å². The third-order valence-electron chi connectivity index (χ3n) is 2.04. The first-order valence-electron chi connectivity index (χ1n) is 4.08. The summed E-state index contributed by atoms with van der Waals surface area (Å²) in [6.45, 7) is 5.40. The van der Waals surface area contributed by atoms with E-state index in [1.54, 1.807) is 13.0 Å². The molecule has 72 valence electrons. The third kappa shape index (κ3) is 3.17. The third-order valence-corrected chi connectivity index (χ3v) is 2.04. The predicted octanol–water partition coefficient (Wildman–Crippen LogP) is -1.78. The van der Waals surface area contributed by atoms with E-state index in [0.29, 0.717) is 5.57 Å². The zero-order chi connectivity index (χ0) is 10.2. The second-order valence-corrected chi connectivity index (χ2v) is 4.02. The van der Waals surface area contributed by atoms with Crippen LogP contribution in [-0.2, 0) is 0 Å². The van der Waals surface area contributed by atoms with E-state index in [4.69, 9.17) is 0 Å². The molecule has 0 aromatic carbocycles. The molecule has 0 amide bonds. The summed E-state index contributed by atoms with van der Waals surface area (Å²) in [6, 6.07) is 0. The van der Waals surface area contributed by atoms with Crippen molar-refractivity contribution in [2.75, 3.05) is 0 Å². The van der Waals surface area contributed by atoms with Gasteiger partial charge in [-0.2, -0.15) is 0 Å². The van der Waals surface area contributed by atoms with Gasteiger partial charge in [-0.05, 0) is 18.8 Å². The summed E-state index contributed by atoms with van der Waals surface area (Å²) in [4.78, 5) is 9.90. The SMILES string of the molecule is CC1=CC(C)(C)CC([O-])=C1[N+](=O)[O-].[K+]. The monoisotopic (exact) mass is 221 g/mol. The van der Waals surface area contributed by atoms with Gasteiger partial charge in [0.2, 0.25) is 0 Å². The van der Waals surface area contributed by atoms with E-state index in [0.717, 1.165) is 0 Å². The van der Waals surface area contributed by atoms with Crippen molar-refractivity contribution in [2.24, 2.45) is 5.41 Å². The van der Waals surface area contributed by atoms with Crippen molar-refractivity contribution in [1.82, 2.24) is 0 Å². The molecule has 0 heterocycles. The summed E-state index contributed by atoms with van der Waals surface area (Å²) in [5.74, 6) is -0.366. The predicted molar refractivity (Wildman–Crippen MR) is 46.2 cm³/mol. The molecule has 0 fully saturated rings. The van der Waals surface area contributed by atoms with Crippen LogP contribution in [0.25, 0.3) is 0 Å². The summed E-state index contributed by atoms with van der Waals surface area (Å²) in [6.07, 6.45) is 2.01. The molecule has 0 saturated carbocycles. The number of nitro groups is 1. The smallest absolute Gasteiger partial charge is 0.871 e. The van der Waals surface area contributed by atoms with Crippen LogP contribution in [0.5, 0.6) is 0 Å². The molecule has 0 saturated heterocycles. The largest absolute Gasteiger partial charge is 1.00 e. The standard InChI is InChI=1S/C9H13NO3.K/c1-6-4-9(2,3)5-7(11)8(6)10(12)13;/h4,11H,5H2,1-3H3;/q;+1/p-1. The Kier molecular flexibility index (Phi) is 5.00. The Hall–Kier alpha value is 0.316. The molecule has 0 unspecified atom stereocenters. The van der Waals surface area contributed by atoms with Crippen molar-refractivity contribution >= 4 is 0 Å². The molecule has 0 aromatic heterocycles. The van der Waals surface area contributed by atoms with Crippen molar-refractivity contribution in [1.29, 1.82) is 0 Å². The number of hydrogen-bond donors (Lipinski definition) is 0. The molecule has 4 nitrogen and oxygen atoms in total. The van der Waals surface area contributed by atoms with Gasteiger partial charge in [-0.3, -0.25) is 10.1 Å². The molecule has 0 aromatic rings. The Labute approximate surface area is 126 Å². The van der Waals surface area contributed by atoms with E-state index in [1.807, 2.05) is 13.8 Å². The van der Waals surface area contributed by atoms with E-state index in [2.05, 4.69) is 0 Å². The maximum Gasteiger partial charge on any atom is 1.00 e. The van der Waals surface area contributed by atoms with Crippen LogP contribution in [0.15, 0.2) is 23.1 Å². The molecule has 14 heavy (non-hydrogen) atoms. The summed E-state index contributed by atoms with van der Waals surface area (Å²) >= 11 is 0. The van der Waals surface area contributed by atoms with E-state index in [-0.39, 0.29) is 74.7 Å². The number of nitrogens with zero attached hydrogens (tertiary/aromatic N) is 1. The molecule has 1 aliphatic rings. The normalized spacial score (nSPS) is 19.8. The van der Waals surface area contributed by atoms with Crippen LogP contribution in [-0.4, -0.2) is 4.92 Å². The molecule has 0 atom stereocenters. The topological polar surface area (TPSA) is 66.2 Å². The Morgan fingerprint density at radius 2 is 2.00 bits per heavy atom. The van der Waals surface area contributed by atoms with Gasteiger partial charge in [0, 0.05) is 5.57 Å². The Bertz CT molecular complexity index is 318. The molecule has 0 radical (unpaired) electrons. The number of hydrogen-bond acceptors (Lipinski definition) is 3. The van der Waals surface area contributed by atoms with Crippen LogP contribution in [0, 0.1) is 15.5 Å². The molecule has 1 aliphatic carbocycles. The van der Waals surface area contributed by atoms with Gasteiger partial charge in [0.25, 0.3) is 5.70 Å². The fourth-order valence-corrected chi connectivity index (χ4v) is 1.67. The number of rotatable bonds is 1. The Morgan fingerprint density at radius 1 is 1.50 bits per heavy atom. The van der Waals surface area contributed by atoms with E-state index in [1.165, 1.54) is 0 Å². The first kappa shape index (κ1) is 14.3. The molecular weight excluding hydrogens is 209 g/mol. The second kappa shape index (κ2) is 4.89. The maximum absolute atomic E-state index is 11.3. The molecule has 1 rings (SSSR count). The molecule has 0 spiro atoms. The zero-order valence-corrected chi connectivity index (χ0v) is 12.1. The van der Waals surface area contributed by atoms with Crippen molar-refractivity contribution in [2.45, 2.75) is 27.2 Å². The first-order chi connectivity index (χ1) is 5.83. The van der Waals surface area contributed by atoms with Crippen LogP contribution in [0.4, 0.5) is 0 Å². The zero-order valence-electron chi connectivity index (χ0n) is 8.96. The molecule has 0 aliphatic heterocycles.